The van der Waals surface area contributed by atoms with Gasteiger partial charge in [0.2, 0.25) is 6.10 Å². The zero-order valence-electron chi connectivity index (χ0n) is 14.8. The third-order valence-electron chi connectivity index (χ3n) is 3.74. The largest absolute Gasteiger partial charge is 0.497 e. The summed E-state index contributed by atoms with van der Waals surface area (Å²) in [6, 6.07) is 16.3. The Morgan fingerprint density at radius 2 is 1.78 bits per heavy atom. The molecule has 6 nitrogen and oxygen atoms in total. The van der Waals surface area contributed by atoms with Crippen LogP contribution in [0.25, 0.3) is 11.3 Å². The number of hydrogen-bond acceptors (Lipinski definition) is 6. The van der Waals surface area contributed by atoms with Gasteiger partial charge in [0.15, 0.2) is 5.13 Å². The minimum atomic E-state index is -1.03. The van der Waals surface area contributed by atoms with Crippen molar-refractivity contribution in [2.24, 2.45) is 0 Å². The van der Waals surface area contributed by atoms with Crippen molar-refractivity contribution >= 4 is 28.3 Å². The van der Waals surface area contributed by atoms with Crippen LogP contribution < -0.4 is 10.1 Å². The Labute approximate surface area is 160 Å². The lowest BCUT2D eigenvalue weighted by atomic mass is 10.1. The number of esters is 1. The fourth-order valence-electron chi connectivity index (χ4n) is 2.46. The summed E-state index contributed by atoms with van der Waals surface area (Å²) in [6.45, 7) is 1.27. The number of amides is 1. The van der Waals surface area contributed by atoms with Crippen molar-refractivity contribution in [1.82, 2.24) is 4.98 Å². The second-order valence-corrected chi connectivity index (χ2v) is 6.51. The summed E-state index contributed by atoms with van der Waals surface area (Å²) in [4.78, 5) is 28.5. The van der Waals surface area contributed by atoms with Crippen LogP contribution in [0.3, 0.4) is 0 Å². The normalized spacial score (nSPS) is 11.5. The summed E-state index contributed by atoms with van der Waals surface area (Å²) in [7, 11) is 1.61. The molecule has 1 aromatic heterocycles. The maximum Gasteiger partial charge on any atom is 0.303 e. The highest BCUT2D eigenvalue weighted by molar-refractivity contribution is 7.14. The van der Waals surface area contributed by atoms with Gasteiger partial charge in [0.05, 0.1) is 12.8 Å². The van der Waals surface area contributed by atoms with Crippen LogP contribution in [0.4, 0.5) is 5.13 Å². The van der Waals surface area contributed by atoms with Crippen molar-refractivity contribution in [3.8, 4) is 17.0 Å². The lowest BCUT2D eigenvalue weighted by Gasteiger charge is -2.16. The highest BCUT2D eigenvalue weighted by Crippen LogP contribution is 2.27. The fourth-order valence-corrected chi connectivity index (χ4v) is 3.19. The van der Waals surface area contributed by atoms with Crippen molar-refractivity contribution in [3.63, 3.8) is 0 Å². The Morgan fingerprint density at radius 3 is 2.41 bits per heavy atom. The third kappa shape index (κ3) is 4.71. The molecule has 0 fully saturated rings. The standard InChI is InChI=1S/C20H18N2O4S/c1-13(23)26-18(15-6-4-3-5-7-15)19(24)22-20-21-17(12-27-20)14-8-10-16(25-2)11-9-14/h3-12,18H,1-2H3,(H,21,22,24)/t18-/m0/s1. The molecule has 1 N–H and O–H groups in total. The highest BCUT2D eigenvalue weighted by Gasteiger charge is 2.24. The first-order chi connectivity index (χ1) is 13.1. The first-order valence-electron chi connectivity index (χ1n) is 8.20. The molecule has 3 rings (SSSR count). The molecule has 0 aliphatic rings. The molecule has 0 aliphatic carbocycles. The van der Waals surface area contributed by atoms with Crippen LogP contribution in [0.15, 0.2) is 60.0 Å². The van der Waals surface area contributed by atoms with E-state index in [-0.39, 0.29) is 0 Å². The van der Waals surface area contributed by atoms with Crippen molar-refractivity contribution < 1.29 is 19.1 Å². The Balaban J connectivity index is 1.76. The summed E-state index contributed by atoms with van der Waals surface area (Å²) in [6.07, 6.45) is -1.03. The van der Waals surface area contributed by atoms with Gasteiger partial charge in [-0.2, -0.15) is 0 Å². The van der Waals surface area contributed by atoms with E-state index in [0.29, 0.717) is 10.7 Å². The molecule has 0 bridgehead atoms. The number of nitrogens with zero attached hydrogens (tertiary/aromatic N) is 1. The summed E-state index contributed by atoms with van der Waals surface area (Å²) in [5.41, 5.74) is 2.24. The van der Waals surface area contributed by atoms with E-state index in [1.165, 1.54) is 18.3 Å². The van der Waals surface area contributed by atoms with Gasteiger partial charge in [0, 0.05) is 23.4 Å². The van der Waals surface area contributed by atoms with Gasteiger partial charge in [-0.25, -0.2) is 4.98 Å². The van der Waals surface area contributed by atoms with Gasteiger partial charge in [-0.1, -0.05) is 30.3 Å². The molecule has 0 radical (unpaired) electrons. The predicted molar refractivity (Wildman–Crippen MR) is 104 cm³/mol. The van der Waals surface area contributed by atoms with Gasteiger partial charge in [-0.05, 0) is 24.3 Å². The average molecular weight is 382 g/mol. The molecule has 2 aromatic carbocycles. The molecule has 1 atom stereocenters. The molecular formula is C20H18N2O4S. The number of ether oxygens (including phenoxy) is 2. The molecule has 0 unspecified atom stereocenters. The van der Waals surface area contributed by atoms with Crippen LogP contribution in [0.2, 0.25) is 0 Å². The van der Waals surface area contributed by atoms with Crippen LogP contribution in [-0.4, -0.2) is 24.0 Å². The number of nitrogens with one attached hydrogen (secondary N) is 1. The zero-order valence-corrected chi connectivity index (χ0v) is 15.7. The first kappa shape index (κ1) is 18.6. The number of rotatable bonds is 6. The van der Waals surface area contributed by atoms with Crippen LogP contribution in [-0.2, 0) is 14.3 Å². The van der Waals surface area contributed by atoms with Gasteiger partial charge in [-0.15, -0.1) is 11.3 Å². The predicted octanol–water partition coefficient (Wildman–Crippen LogP) is 4.06. The number of thiazole rings is 1. The number of benzene rings is 2. The summed E-state index contributed by atoms with van der Waals surface area (Å²) in [5, 5.41) is 5.00. The average Bonchev–Trinajstić information content (AvgIpc) is 3.15. The Kier molecular flexibility index (Phi) is 5.83. The second kappa shape index (κ2) is 8.46. The van der Waals surface area contributed by atoms with E-state index in [1.54, 1.807) is 31.4 Å². The summed E-state index contributed by atoms with van der Waals surface area (Å²) < 4.78 is 10.3. The SMILES string of the molecule is COc1ccc(-c2csc(NC(=O)[C@@H](OC(C)=O)c3ccccc3)n2)cc1. The first-order valence-corrected chi connectivity index (χ1v) is 9.08. The summed E-state index contributed by atoms with van der Waals surface area (Å²) in [5.74, 6) is -0.223. The molecule has 138 valence electrons. The van der Waals surface area contributed by atoms with E-state index in [9.17, 15) is 9.59 Å². The minimum absolute atomic E-state index is 0.430. The van der Waals surface area contributed by atoms with E-state index < -0.39 is 18.0 Å². The number of anilines is 1. The molecule has 0 aliphatic heterocycles. The highest BCUT2D eigenvalue weighted by atomic mass is 32.1. The molecule has 0 saturated heterocycles. The Bertz CT molecular complexity index is 923. The van der Waals surface area contributed by atoms with E-state index >= 15 is 0 Å². The molecule has 27 heavy (non-hydrogen) atoms. The van der Waals surface area contributed by atoms with Crippen molar-refractivity contribution in [2.45, 2.75) is 13.0 Å². The van der Waals surface area contributed by atoms with Crippen LogP contribution in [0.1, 0.15) is 18.6 Å². The number of methoxy groups -OCH3 is 1. The monoisotopic (exact) mass is 382 g/mol. The van der Waals surface area contributed by atoms with E-state index in [1.807, 2.05) is 35.7 Å². The number of hydrogen-bond donors (Lipinski definition) is 1. The van der Waals surface area contributed by atoms with E-state index in [0.717, 1.165) is 17.0 Å². The van der Waals surface area contributed by atoms with Gasteiger partial charge in [-0.3, -0.25) is 14.9 Å². The minimum Gasteiger partial charge on any atom is -0.497 e. The topological polar surface area (TPSA) is 77.5 Å². The van der Waals surface area contributed by atoms with Gasteiger partial charge in [0.1, 0.15) is 5.75 Å². The maximum absolute atomic E-state index is 12.6. The quantitative estimate of drug-likeness (QED) is 0.651. The van der Waals surface area contributed by atoms with Gasteiger partial charge in [0.25, 0.3) is 5.91 Å². The molecule has 0 spiro atoms. The van der Waals surface area contributed by atoms with Gasteiger partial charge >= 0.3 is 5.97 Å². The number of carbonyl (C=O) groups excluding carboxylic acids is 2. The molecule has 1 heterocycles. The smallest absolute Gasteiger partial charge is 0.303 e. The lowest BCUT2D eigenvalue weighted by molar-refractivity contribution is -0.152. The summed E-state index contributed by atoms with van der Waals surface area (Å²) >= 11 is 1.30. The van der Waals surface area contributed by atoms with Crippen LogP contribution in [0, 0.1) is 0 Å². The van der Waals surface area contributed by atoms with E-state index in [2.05, 4.69) is 10.3 Å². The van der Waals surface area contributed by atoms with E-state index in [4.69, 9.17) is 9.47 Å². The molecular weight excluding hydrogens is 364 g/mol. The molecule has 1 amide bonds. The number of aromatic nitrogens is 1. The zero-order chi connectivity index (χ0) is 19.2. The maximum atomic E-state index is 12.6. The van der Waals surface area contributed by atoms with Crippen molar-refractivity contribution in [1.29, 1.82) is 0 Å². The van der Waals surface area contributed by atoms with Crippen molar-refractivity contribution in [2.75, 3.05) is 12.4 Å². The molecule has 7 heteroatoms. The third-order valence-corrected chi connectivity index (χ3v) is 4.50. The lowest BCUT2D eigenvalue weighted by Crippen LogP contribution is -2.25. The van der Waals surface area contributed by atoms with Gasteiger partial charge < -0.3 is 9.47 Å². The molecule has 0 saturated carbocycles. The fraction of sp³-hybridized carbons (Fsp3) is 0.150. The van der Waals surface area contributed by atoms with Crippen molar-refractivity contribution in [3.05, 3.63) is 65.5 Å². The second-order valence-electron chi connectivity index (χ2n) is 5.66. The Hall–Kier alpha value is -3.19. The molecule has 3 aromatic rings. The number of carbonyl (C=O) groups is 2. The van der Waals surface area contributed by atoms with Crippen LogP contribution >= 0.6 is 11.3 Å². The Morgan fingerprint density at radius 1 is 1.07 bits per heavy atom. The van der Waals surface area contributed by atoms with Crippen LogP contribution in [0.5, 0.6) is 5.75 Å².